The second-order valence-corrected chi connectivity index (χ2v) is 7.35. The first-order chi connectivity index (χ1) is 14.2. The molecule has 0 aliphatic heterocycles. The highest BCUT2D eigenvalue weighted by Gasteiger charge is 2.20. The lowest BCUT2D eigenvalue weighted by Crippen LogP contribution is -2.30. The number of nitrogens with zero attached hydrogens (tertiary/aromatic N) is 3. The number of aromatic nitrogens is 2. The van der Waals surface area contributed by atoms with Gasteiger partial charge >= 0.3 is 6.09 Å². The molecule has 1 aliphatic rings. The van der Waals surface area contributed by atoms with Gasteiger partial charge in [-0.05, 0) is 62.1 Å². The van der Waals surface area contributed by atoms with Crippen LogP contribution in [0, 0.1) is 0 Å². The van der Waals surface area contributed by atoms with Gasteiger partial charge in [-0.1, -0.05) is 25.0 Å². The van der Waals surface area contributed by atoms with Gasteiger partial charge in [-0.2, -0.15) is 0 Å². The molecular formula is C23H25N3O3. The molecule has 0 atom stereocenters. The molecule has 1 fully saturated rings. The minimum atomic E-state index is -0.313. The summed E-state index contributed by atoms with van der Waals surface area (Å²) in [6.45, 7) is 0. The van der Waals surface area contributed by atoms with Crippen LogP contribution in [-0.4, -0.2) is 29.2 Å². The van der Waals surface area contributed by atoms with E-state index < -0.39 is 0 Å². The number of anilines is 1. The van der Waals surface area contributed by atoms with Gasteiger partial charge in [0.1, 0.15) is 18.2 Å². The maximum absolute atomic E-state index is 12.5. The molecule has 29 heavy (non-hydrogen) atoms. The van der Waals surface area contributed by atoms with E-state index in [-0.39, 0.29) is 12.2 Å². The first-order valence-corrected chi connectivity index (χ1v) is 10.1. The Labute approximate surface area is 170 Å². The fourth-order valence-corrected chi connectivity index (χ4v) is 3.60. The van der Waals surface area contributed by atoms with Crippen molar-refractivity contribution in [3.63, 3.8) is 0 Å². The number of benzene rings is 2. The number of amides is 1. The molecular weight excluding hydrogens is 366 g/mol. The van der Waals surface area contributed by atoms with Gasteiger partial charge in [0.05, 0.1) is 10.9 Å². The largest absolute Gasteiger partial charge is 0.446 e. The van der Waals surface area contributed by atoms with Crippen LogP contribution in [0.4, 0.5) is 10.5 Å². The van der Waals surface area contributed by atoms with Crippen molar-refractivity contribution in [2.45, 2.75) is 44.6 Å². The van der Waals surface area contributed by atoms with Crippen LogP contribution in [0.1, 0.15) is 38.5 Å². The van der Waals surface area contributed by atoms with Crippen molar-refractivity contribution >= 4 is 22.7 Å². The summed E-state index contributed by atoms with van der Waals surface area (Å²) >= 11 is 0. The molecule has 0 unspecified atom stereocenters. The lowest BCUT2D eigenvalue weighted by Gasteiger charge is -2.22. The number of hydrogen-bond donors (Lipinski definition) is 0. The van der Waals surface area contributed by atoms with E-state index in [2.05, 4.69) is 9.97 Å². The number of rotatable bonds is 4. The van der Waals surface area contributed by atoms with E-state index in [4.69, 9.17) is 9.47 Å². The lowest BCUT2D eigenvalue weighted by molar-refractivity contribution is 0.0959. The van der Waals surface area contributed by atoms with Crippen molar-refractivity contribution in [1.82, 2.24) is 9.97 Å². The number of para-hydroxylation sites is 1. The fourth-order valence-electron chi connectivity index (χ4n) is 3.60. The van der Waals surface area contributed by atoms with Gasteiger partial charge in [-0.25, -0.2) is 14.8 Å². The Morgan fingerprint density at radius 2 is 1.69 bits per heavy atom. The van der Waals surface area contributed by atoms with E-state index in [1.54, 1.807) is 7.05 Å². The predicted octanol–water partition coefficient (Wildman–Crippen LogP) is 5.72. The highest BCUT2D eigenvalue weighted by atomic mass is 16.6. The third kappa shape index (κ3) is 4.65. The fraction of sp³-hybridized carbons (Fsp3) is 0.348. The topological polar surface area (TPSA) is 64.6 Å². The van der Waals surface area contributed by atoms with Crippen molar-refractivity contribution < 1.29 is 14.3 Å². The van der Waals surface area contributed by atoms with Gasteiger partial charge in [0, 0.05) is 12.7 Å². The predicted molar refractivity (Wildman–Crippen MR) is 112 cm³/mol. The van der Waals surface area contributed by atoms with E-state index in [1.165, 1.54) is 24.1 Å². The molecule has 0 saturated heterocycles. The maximum atomic E-state index is 12.5. The lowest BCUT2D eigenvalue weighted by atomic mass is 10.1. The molecule has 2 aromatic carbocycles. The minimum absolute atomic E-state index is 0.0288. The normalized spacial score (nSPS) is 14.9. The zero-order chi connectivity index (χ0) is 20.1. The zero-order valence-electron chi connectivity index (χ0n) is 16.6. The first-order valence-electron chi connectivity index (χ1n) is 10.1. The highest BCUT2D eigenvalue weighted by molar-refractivity contribution is 5.87. The van der Waals surface area contributed by atoms with E-state index >= 15 is 0 Å². The Morgan fingerprint density at radius 1 is 0.966 bits per heavy atom. The summed E-state index contributed by atoms with van der Waals surface area (Å²) in [6, 6.07) is 15.0. The van der Waals surface area contributed by atoms with Gasteiger partial charge in [-0.15, -0.1) is 0 Å². The number of fused-ring (bicyclic) bond motifs is 1. The molecule has 1 aromatic heterocycles. The van der Waals surface area contributed by atoms with Crippen molar-refractivity contribution in [3.05, 3.63) is 54.9 Å². The summed E-state index contributed by atoms with van der Waals surface area (Å²) in [4.78, 5) is 22.5. The molecule has 3 aromatic rings. The van der Waals surface area contributed by atoms with Crippen LogP contribution in [0.2, 0.25) is 0 Å². The molecule has 0 radical (unpaired) electrons. The number of hydrogen-bond acceptors (Lipinski definition) is 5. The van der Waals surface area contributed by atoms with Crippen molar-refractivity contribution in [2.75, 3.05) is 11.9 Å². The van der Waals surface area contributed by atoms with Crippen LogP contribution in [0.25, 0.3) is 10.9 Å². The van der Waals surface area contributed by atoms with Crippen molar-refractivity contribution in [1.29, 1.82) is 0 Å². The van der Waals surface area contributed by atoms with E-state index in [0.29, 0.717) is 11.6 Å². The highest BCUT2D eigenvalue weighted by Crippen LogP contribution is 2.28. The van der Waals surface area contributed by atoms with E-state index in [9.17, 15) is 4.79 Å². The van der Waals surface area contributed by atoms with Crippen LogP contribution in [0.3, 0.4) is 0 Å². The molecule has 0 spiro atoms. The Kier molecular flexibility index (Phi) is 5.89. The molecule has 0 bridgehead atoms. The second kappa shape index (κ2) is 8.90. The van der Waals surface area contributed by atoms with Crippen LogP contribution in [0.15, 0.2) is 54.9 Å². The zero-order valence-corrected chi connectivity index (χ0v) is 16.6. The second-order valence-electron chi connectivity index (χ2n) is 7.35. The summed E-state index contributed by atoms with van der Waals surface area (Å²) in [5, 5.41) is 0.850. The smallest absolute Gasteiger partial charge is 0.414 e. The molecule has 0 N–H and O–H groups in total. The number of carbonyl (C=O) groups is 1. The van der Waals surface area contributed by atoms with E-state index in [0.717, 1.165) is 42.3 Å². The average molecular weight is 391 g/mol. The molecule has 1 amide bonds. The monoisotopic (exact) mass is 391 g/mol. The number of ether oxygens (including phenoxy) is 2. The van der Waals surface area contributed by atoms with Gasteiger partial charge in [0.15, 0.2) is 0 Å². The average Bonchev–Trinajstić information content (AvgIpc) is 3.03. The van der Waals surface area contributed by atoms with Crippen molar-refractivity contribution in [3.8, 4) is 11.6 Å². The SMILES string of the molecule is CN(C(=O)OC1CCCCCC1)c1ccc(Oc2ncnc3ccccc23)cc1. The molecule has 1 heterocycles. The van der Waals surface area contributed by atoms with Crippen LogP contribution in [0.5, 0.6) is 11.6 Å². The third-order valence-corrected chi connectivity index (χ3v) is 5.29. The van der Waals surface area contributed by atoms with Gasteiger partial charge < -0.3 is 9.47 Å². The van der Waals surface area contributed by atoms with Crippen LogP contribution < -0.4 is 9.64 Å². The van der Waals surface area contributed by atoms with Crippen molar-refractivity contribution in [2.24, 2.45) is 0 Å². The summed E-state index contributed by atoms with van der Waals surface area (Å²) < 4.78 is 11.6. The molecule has 1 aliphatic carbocycles. The molecule has 150 valence electrons. The molecule has 4 rings (SSSR count). The molecule has 6 nitrogen and oxygen atoms in total. The van der Waals surface area contributed by atoms with Gasteiger partial charge in [-0.3, -0.25) is 4.90 Å². The summed E-state index contributed by atoms with van der Waals surface area (Å²) in [6.07, 6.45) is 7.84. The Hall–Kier alpha value is -3.15. The quantitative estimate of drug-likeness (QED) is 0.532. The van der Waals surface area contributed by atoms with Gasteiger partial charge in [0.2, 0.25) is 5.88 Å². The maximum Gasteiger partial charge on any atom is 0.414 e. The van der Waals surface area contributed by atoms with Crippen LogP contribution in [-0.2, 0) is 4.74 Å². The summed E-state index contributed by atoms with van der Waals surface area (Å²) in [5.41, 5.74) is 1.58. The Morgan fingerprint density at radius 3 is 2.45 bits per heavy atom. The van der Waals surface area contributed by atoms with E-state index in [1.807, 2.05) is 48.5 Å². The summed E-state index contributed by atoms with van der Waals surface area (Å²) in [7, 11) is 1.73. The third-order valence-electron chi connectivity index (χ3n) is 5.29. The Balaban J connectivity index is 1.42. The Bertz CT molecular complexity index is 961. The summed E-state index contributed by atoms with van der Waals surface area (Å²) in [5.74, 6) is 1.15. The molecule has 1 saturated carbocycles. The first kappa shape index (κ1) is 19.2. The van der Waals surface area contributed by atoms with Gasteiger partial charge in [0.25, 0.3) is 0 Å². The standard InChI is InChI=1S/C23H25N3O3/c1-26(23(27)29-18-8-4-2-3-5-9-18)17-12-14-19(15-13-17)28-22-20-10-6-7-11-21(20)24-16-25-22/h6-7,10-16,18H,2-5,8-9H2,1H3. The van der Waals surface area contributed by atoms with Crippen LogP contribution >= 0.6 is 0 Å². The molecule has 6 heteroatoms. The number of carbonyl (C=O) groups excluding carboxylic acids is 1. The minimum Gasteiger partial charge on any atom is -0.446 e.